The van der Waals surface area contributed by atoms with Gasteiger partial charge in [0.2, 0.25) is 5.95 Å². The molecule has 0 radical (unpaired) electrons. The molecule has 4 aromatic heterocycles. The molecule has 33 heavy (non-hydrogen) atoms. The fourth-order valence-corrected chi connectivity index (χ4v) is 7.32. The van der Waals surface area contributed by atoms with Gasteiger partial charge in [-0.3, -0.25) is 9.13 Å². The van der Waals surface area contributed by atoms with E-state index in [2.05, 4.69) is 27.3 Å². The van der Waals surface area contributed by atoms with Crippen molar-refractivity contribution >= 4 is 28.4 Å². The Bertz CT molecular complexity index is 1460. The Morgan fingerprint density at radius 2 is 1.94 bits per heavy atom. The lowest BCUT2D eigenvalue weighted by atomic mass is 9.49. The van der Waals surface area contributed by atoms with Crippen LogP contribution in [0.5, 0.6) is 0 Å². The number of hydrogen-bond acceptors (Lipinski definition) is 6. The van der Waals surface area contributed by atoms with Gasteiger partial charge in [0.05, 0.1) is 23.6 Å². The first-order valence-corrected chi connectivity index (χ1v) is 11.9. The van der Waals surface area contributed by atoms with Crippen molar-refractivity contribution in [2.45, 2.75) is 51.5 Å². The van der Waals surface area contributed by atoms with Crippen molar-refractivity contribution in [3.8, 4) is 0 Å². The van der Waals surface area contributed by atoms with E-state index in [1.807, 2.05) is 30.8 Å². The highest BCUT2D eigenvalue weighted by Gasteiger charge is 2.56. The molecule has 2 atom stereocenters. The maximum atomic E-state index is 13.5. The Labute approximate surface area is 190 Å². The average Bonchev–Trinajstić information content (AvgIpc) is 3.33. The standard InChI is InChI=1S/C24H28N8O/c1-13-4-20-26-12-27-31(20)11-18(13)28-22-25-10-19-21(29-22)32(23(33)30(19)3)24-7-15-5-16(8-24)14(2)17(6-15)9-24/h4,10-12,14-17H,5-9H2,1-3H3,(H,25,28,29). The molecule has 9 nitrogen and oxygen atoms in total. The third-order valence-electron chi connectivity index (χ3n) is 8.86. The van der Waals surface area contributed by atoms with Crippen LogP contribution in [0.4, 0.5) is 11.6 Å². The number of anilines is 2. The smallest absolute Gasteiger partial charge is 0.323 e. The molecule has 9 heteroatoms. The molecule has 170 valence electrons. The van der Waals surface area contributed by atoms with Crippen molar-refractivity contribution < 1.29 is 0 Å². The number of nitrogens with one attached hydrogen (secondary N) is 1. The first kappa shape index (κ1) is 19.3. The summed E-state index contributed by atoms with van der Waals surface area (Å²) in [5.74, 6) is 3.42. The van der Waals surface area contributed by atoms with Gasteiger partial charge in [-0.25, -0.2) is 19.3 Å². The van der Waals surface area contributed by atoms with Gasteiger partial charge in [-0.05, 0) is 74.3 Å². The minimum Gasteiger partial charge on any atom is -0.323 e. The summed E-state index contributed by atoms with van der Waals surface area (Å²) in [5.41, 5.74) is 4.14. The Morgan fingerprint density at radius 3 is 2.73 bits per heavy atom. The lowest BCUT2D eigenvalue weighted by molar-refractivity contribution is -0.0801. The number of pyridine rings is 1. The molecule has 4 heterocycles. The zero-order valence-electron chi connectivity index (χ0n) is 19.2. The summed E-state index contributed by atoms with van der Waals surface area (Å²) >= 11 is 0. The maximum Gasteiger partial charge on any atom is 0.330 e. The van der Waals surface area contributed by atoms with E-state index < -0.39 is 0 Å². The molecule has 0 spiro atoms. The number of fused-ring (bicyclic) bond motifs is 2. The van der Waals surface area contributed by atoms with E-state index in [1.165, 1.54) is 19.2 Å². The molecular formula is C24H28N8O. The lowest BCUT2D eigenvalue weighted by Gasteiger charge is -2.59. The number of nitrogens with zero attached hydrogens (tertiary/aromatic N) is 7. The molecule has 0 saturated heterocycles. The van der Waals surface area contributed by atoms with Crippen LogP contribution in [0.3, 0.4) is 0 Å². The van der Waals surface area contributed by atoms with Crippen molar-refractivity contribution in [3.05, 3.63) is 40.8 Å². The predicted molar refractivity (Wildman–Crippen MR) is 124 cm³/mol. The molecule has 0 aromatic carbocycles. The van der Waals surface area contributed by atoms with Gasteiger partial charge in [0.1, 0.15) is 11.8 Å². The van der Waals surface area contributed by atoms with E-state index in [0.717, 1.165) is 71.0 Å². The molecule has 4 aromatic rings. The van der Waals surface area contributed by atoms with Gasteiger partial charge in [-0.2, -0.15) is 10.1 Å². The topological polar surface area (TPSA) is 94.9 Å². The van der Waals surface area contributed by atoms with E-state index in [1.54, 1.807) is 15.3 Å². The van der Waals surface area contributed by atoms with Crippen LogP contribution in [0.15, 0.2) is 29.6 Å². The van der Waals surface area contributed by atoms with Crippen LogP contribution in [-0.4, -0.2) is 33.7 Å². The van der Waals surface area contributed by atoms with Crippen LogP contribution in [0.2, 0.25) is 0 Å². The zero-order chi connectivity index (χ0) is 22.5. The largest absolute Gasteiger partial charge is 0.330 e. The number of aryl methyl sites for hydroxylation is 2. The first-order valence-electron chi connectivity index (χ1n) is 11.9. The maximum absolute atomic E-state index is 13.5. The van der Waals surface area contributed by atoms with Gasteiger partial charge in [-0.1, -0.05) is 6.92 Å². The Kier molecular flexibility index (Phi) is 3.75. The second-order valence-corrected chi connectivity index (χ2v) is 10.7. The molecule has 4 saturated carbocycles. The van der Waals surface area contributed by atoms with Crippen LogP contribution in [0, 0.1) is 30.6 Å². The molecule has 0 aliphatic heterocycles. The van der Waals surface area contributed by atoms with Crippen molar-refractivity contribution in [2.75, 3.05) is 5.32 Å². The van der Waals surface area contributed by atoms with E-state index >= 15 is 0 Å². The molecular weight excluding hydrogens is 416 g/mol. The zero-order valence-corrected chi connectivity index (χ0v) is 19.2. The molecule has 2 unspecified atom stereocenters. The van der Waals surface area contributed by atoms with E-state index in [9.17, 15) is 4.79 Å². The summed E-state index contributed by atoms with van der Waals surface area (Å²) in [4.78, 5) is 27.2. The predicted octanol–water partition coefficient (Wildman–Crippen LogP) is 3.40. The molecule has 8 rings (SSSR count). The van der Waals surface area contributed by atoms with Crippen LogP contribution in [-0.2, 0) is 12.6 Å². The summed E-state index contributed by atoms with van der Waals surface area (Å²) in [6.45, 7) is 4.44. The summed E-state index contributed by atoms with van der Waals surface area (Å²) in [5, 5.41) is 7.58. The Balaban J connectivity index is 1.35. The third-order valence-corrected chi connectivity index (χ3v) is 8.86. The van der Waals surface area contributed by atoms with E-state index in [0.29, 0.717) is 5.95 Å². The summed E-state index contributed by atoms with van der Waals surface area (Å²) in [6.07, 6.45) is 11.1. The second kappa shape index (κ2) is 6.42. The second-order valence-electron chi connectivity index (χ2n) is 10.7. The summed E-state index contributed by atoms with van der Waals surface area (Å²) in [6, 6.07) is 1.98. The van der Waals surface area contributed by atoms with Gasteiger partial charge < -0.3 is 5.32 Å². The van der Waals surface area contributed by atoms with E-state index in [4.69, 9.17) is 4.98 Å². The van der Waals surface area contributed by atoms with Crippen molar-refractivity contribution in [2.24, 2.45) is 30.7 Å². The molecule has 4 bridgehead atoms. The molecule has 4 aliphatic rings. The monoisotopic (exact) mass is 444 g/mol. The van der Waals surface area contributed by atoms with Gasteiger partial charge in [0.25, 0.3) is 0 Å². The highest BCUT2D eigenvalue weighted by molar-refractivity contribution is 5.73. The van der Waals surface area contributed by atoms with Gasteiger partial charge in [-0.15, -0.1) is 0 Å². The Hall–Kier alpha value is -3.23. The van der Waals surface area contributed by atoms with Gasteiger partial charge in [0.15, 0.2) is 11.3 Å². The van der Waals surface area contributed by atoms with Crippen molar-refractivity contribution in [1.29, 1.82) is 0 Å². The fourth-order valence-electron chi connectivity index (χ4n) is 7.32. The highest BCUT2D eigenvalue weighted by atomic mass is 16.2. The third kappa shape index (κ3) is 2.62. The quantitative estimate of drug-likeness (QED) is 0.520. The fraction of sp³-hybridized carbons (Fsp3) is 0.542. The number of rotatable bonds is 3. The minimum absolute atomic E-state index is 0.0336. The first-order chi connectivity index (χ1) is 15.9. The number of imidazole rings is 1. The van der Waals surface area contributed by atoms with Crippen LogP contribution < -0.4 is 11.0 Å². The van der Waals surface area contributed by atoms with E-state index in [-0.39, 0.29) is 11.2 Å². The summed E-state index contributed by atoms with van der Waals surface area (Å²) in [7, 11) is 1.84. The normalized spacial score (nSPS) is 30.5. The van der Waals surface area contributed by atoms with Crippen molar-refractivity contribution in [3.63, 3.8) is 0 Å². The minimum atomic E-state index is -0.110. The van der Waals surface area contributed by atoms with Gasteiger partial charge in [0, 0.05) is 7.05 Å². The lowest BCUT2D eigenvalue weighted by Crippen LogP contribution is -2.57. The average molecular weight is 445 g/mol. The molecule has 1 N–H and O–H groups in total. The Morgan fingerprint density at radius 1 is 1.15 bits per heavy atom. The number of aromatic nitrogens is 7. The molecule has 4 aliphatic carbocycles. The molecule has 0 amide bonds. The summed E-state index contributed by atoms with van der Waals surface area (Å²) < 4.78 is 5.48. The van der Waals surface area contributed by atoms with Crippen LogP contribution >= 0.6 is 0 Å². The SMILES string of the molecule is Cc1cc2ncnn2cc1Nc1ncc2c(n1)n(C13CC4CC(C1)C(C)C(C4)C3)c(=O)n2C. The highest BCUT2D eigenvalue weighted by Crippen LogP contribution is 2.61. The molecule has 4 fully saturated rings. The van der Waals surface area contributed by atoms with Gasteiger partial charge >= 0.3 is 5.69 Å². The number of hydrogen-bond donors (Lipinski definition) is 1. The van der Waals surface area contributed by atoms with Crippen molar-refractivity contribution in [1.82, 2.24) is 33.7 Å². The van der Waals surface area contributed by atoms with Crippen LogP contribution in [0.1, 0.15) is 44.6 Å². The van der Waals surface area contributed by atoms with Crippen LogP contribution in [0.25, 0.3) is 16.8 Å².